The molecule has 1 heterocycles. The number of hydrogen-bond acceptors (Lipinski definition) is 0. The third-order valence-corrected chi connectivity index (χ3v) is 12.5. The Balaban J connectivity index is 1.23. The summed E-state index contributed by atoms with van der Waals surface area (Å²) in [6, 6.07) is 52.5. The Labute approximate surface area is 283 Å². The van der Waals surface area contributed by atoms with E-state index in [0.717, 1.165) is 11.8 Å². The second-order valence-electron chi connectivity index (χ2n) is 15.1. The predicted octanol–water partition coefficient (Wildman–Crippen LogP) is 12.5. The van der Waals surface area contributed by atoms with Gasteiger partial charge in [0.1, 0.15) is 0 Å². The Bertz CT molecular complexity index is 2360. The van der Waals surface area contributed by atoms with Crippen molar-refractivity contribution in [3.8, 4) is 39.1 Å². The van der Waals surface area contributed by atoms with Crippen LogP contribution in [-0.2, 0) is 5.41 Å². The Kier molecular flexibility index (Phi) is 6.20. The zero-order valence-corrected chi connectivity index (χ0v) is 27.9. The Morgan fingerprint density at radius 1 is 0.542 bits per heavy atom. The first-order chi connectivity index (χ1) is 23.6. The molecule has 6 aromatic carbocycles. The molecule has 5 unspecified atom stereocenters. The number of hydrogen-bond donors (Lipinski definition) is 0. The van der Waals surface area contributed by atoms with Crippen LogP contribution in [0.2, 0.25) is 0 Å². The van der Waals surface area contributed by atoms with E-state index in [1.807, 2.05) is 0 Å². The molecule has 1 heteroatoms. The number of fused-ring (bicyclic) bond motifs is 11. The average Bonchev–Trinajstić information content (AvgIpc) is 3.62. The minimum absolute atomic E-state index is 0.0902. The molecule has 3 aliphatic rings. The summed E-state index contributed by atoms with van der Waals surface area (Å²) in [4.78, 5) is 0. The molecule has 1 nitrogen and oxygen atoms in total. The summed E-state index contributed by atoms with van der Waals surface area (Å²) in [7, 11) is 0. The average molecular weight is 620 g/mol. The van der Waals surface area contributed by atoms with E-state index in [1.54, 1.807) is 11.1 Å². The van der Waals surface area contributed by atoms with Crippen molar-refractivity contribution in [2.45, 2.75) is 44.9 Å². The van der Waals surface area contributed by atoms with Gasteiger partial charge in [0.2, 0.25) is 0 Å². The first-order valence-electron chi connectivity index (χ1n) is 18.0. The molecule has 0 N–H and O–H groups in total. The molecule has 0 aliphatic heterocycles. The third kappa shape index (κ3) is 3.85. The fourth-order valence-corrected chi connectivity index (χ4v) is 11.0. The summed E-state index contributed by atoms with van der Waals surface area (Å²) < 4.78 is 2.48. The SMILES string of the molecule is CC1CC2CC(C)C3(c4ccccc4-c4c(-c5cccc6c5c5ccccc5n6-c5cccc(-c6ccccc6)c5)cccc43)C(C1)C2. The molecule has 0 radical (unpaired) electrons. The van der Waals surface area contributed by atoms with Gasteiger partial charge in [-0.1, -0.05) is 129 Å². The fourth-order valence-electron chi connectivity index (χ4n) is 11.0. The summed E-state index contributed by atoms with van der Waals surface area (Å²) in [5.74, 6) is 3.00. The van der Waals surface area contributed by atoms with Gasteiger partial charge in [-0.05, 0) is 118 Å². The first-order valence-corrected chi connectivity index (χ1v) is 18.0. The molecule has 1 spiro atoms. The van der Waals surface area contributed by atoms with Gasteiger partial charge in [0.15, 0.2) is 0 Å². The van der Waals surface area contributed by atoms with E-state index < -0.39 is 0 Å². The standard InChI is InChI=1S/C47H41N/c1-30-25-32-27-31(2)47(35(26-30)28-32)41-21-8-6-17-39(41)45-37(19-11-22-42(45)47)38-20-12-24-44-46(38)40-18-7-9-23-43(40)48(44)36-16-10-15-34(29-36)33-13-4-3-5-14-33/h3-24,29-32,35H,25-28H2,1-2H3. The van der Waals surface area contributed by atoms with Crippen molar-refractivity contribution in [2.75, 3.05) is 0 Å². The normalized spacial score (nSPS) is 24.2. The van der Waals surface area contributed by atoms with Crippen LogP contribution < -0.4 is 0 Å². The summed E-state index contributed by atoms with van der Waals surface area (Å²) in [5.41, 5.74) is 15.1. The highest BCUT2D eigenvalue weighted by atomic mass is 15.0. The second-order valence-corrected chi connectivity index (χ2v) is 15.1. The topological polar surface area (TPSA) is 4.93 Å². The van der Waals surface area contributed by atoms with E-state index in [1.165, 1.54) is 86.6 Å². The molecule has 7 aromatic rings. The quantitative estimate of drug-likeness (QED) is 0.185. The van der Waals surface area contributed by atoms with Crippen LogP contribution in [0.5, 0.6) is 0 Å². The summed E-state index contributed by atoms with van der Waals surface area (Å²) in [6.07, 6.45) is 5.46. The fraction of sp³-hybridized carbons (Fsp3) is 0.234. The van der Waals surface area contributed by atoms with Gasteiger partial charge in [0.05, 0.1) is 11.0 Å². The van der Waals surface area contributed by atoms with E-state index in [0.29, 0.717) is 11.8 Å². The van der Waals surface area contributed by atoms with Crippen LogP contribution in [0.4, 0.5) is 0 Å². The lowest BCUT2D eigenvalue weighted by molar-refractivity contribution is 0.0426. The minimum atomic E-state index is 0.0902. The van der Waals surface area contributed by atoms with E-state index in [9.17, 15) is 0 Å². The zero-order valence-electron chi connectivity index (χ0n) is 27.9. The maximum absolute atomic E-state index is 2.58. The van der Waals surface area contributed by atoms with Crippen LogP contribution in [0.3, 0.4) is 0 Å². The van der Waals surface area contributed by atoms with Crippen molar-refractivity contribution < 1.29 is 0 Å². The van der Waals surface area contributed by atoms with Crippen LogP contribution >= 0.6 is 0 Å². The third-order valence-electron chi connectivity index (χ3n) is 12.5. The molecule has 0 saturated heterocycles. The molecule has 234 valence electrons. The van der Waals surface area contributed by atoms with E-state index in [4.69, 9.17) is 0 Å². The summed E-state index contributed by atoms with van der Waals surface area (Å²) in [5, 5.41) is 2.65. The molecule has 1 aromatic heterocycles. The summed E-state index contributed by atoms with van der Waals surface area (Å²) >= 11 is 0. The van der Waals surface area contributed by atoms with Crippen molar-refractivity contribution in [3.05, 3.63) is 151 Å². The van der Waals surface area contributed by atoms with Crippen LogP contribution in [0.25, 0.3) is 60.9 Å². The van der Waals surface area contributed by atoms with Gasteiger partial charge < -0.3 is 4.57 Å². The maximum Gasteiger partial charge on any atom is 0.0547 e. The monoisotopic (exact) mass is 619 g/mol. The first kappa shape index (κ1) is 28.2. The molecular formula is C47H41N. The molecule has 3 aliphatic carbocycles. The largest absolute Gasteiger partial charge is 0.309 e. The smallest absolute Gasteiger partial charge is 0.0547 e. The van der Waals surface area contributed by atoms with E-state index >= 15 is 0 Å². The summed E-state index contributed by atoms with van der Waals surface area (Å²) in [6.45, 7) is 5.08. The van der Waals surface area contributed by atoms with Gasteiger partial charge in [0, 0.05) is 21.9 Å². The van der Waals surface area contributed by atoms with Crippen LogP contribution in [-0.4, -0.2) is 4.57 Å². The lowest BCUT2D eigenvalue weighted by Gasteiger charge is -2.54. The molecule has 2 fully saturated rings. The zero-order chi connectivity index (χ0) is 32.0. The molecule has 5 atom stereocenters. The maximum atomic E-state index is 2.58. The molecule has 2 bridgehead atoms. The van der Waals surface area contributed by atoms with Crippen LogP contribution in [0.1, 0.15) is 50.7 Å². The molecule has 2 saturated carbocycles. The van der Waals surface area contributed by atoms with Crippen molar-refractivity contribution in [1.29, 1.82) is 0 Å². The van der Waals surface area contributed by atoms with Gasteiger partial charge in [-0.2, -0.15) is 0 Å². The van der Waals surface area contributed by atoms with Crippen LogP contribution in [0, 0.1) is 23.7 Å². The lowest BCUT2D eigenvalue weighted by Crippen LogP contribution is -2.49. The number of nitrogens with zero attached hydrogens (tertiary/aromatic N) is 1. The highest BCUT2D eigenvalue weighted by Crippen LogP contribution is 2.65. The number of benzene rings is 6. The van der Waals surface area contributed by atoms with E-state index in [2.05, 4.69) is 158 Å². The van der Waals surface area contributed by atoms with Crippen molar-refractivity contribution >= 4 is 21.8 Å². The number of para-hydroxylation sites is 1. The highest BCUT2D eigenvalue weighted by Gasteiger charge is 2.56. The Morgan fingerprint density at radius 2 is 1.23 bits per heavy atom. The van der Waals surface area contributed by atoms with Crippen molar-refractivity contribution in [1.82, 2.24) is 4.57 Å². The Hall–Kier alpha value is -4.88. The second kappa shape index (κ2) is 10.6. The van der Waals surface area contributed by atoms with Gasteiger partial charge in [-0.3, -0.25) is 0 Å². The lowest BCUT2D eigenvalue weighted by atomic mass is 9.49. The highest BCUT2D eigenvalue weighted by molar-refractivity contribution is 6.17. The molecule has 48 heavy (non-hydrogen) atoms. The van der Waals surface area contributed by atoms with Gasteiger partial charge in [0.25, 0.3) is 0 Å². The molecule has 10 rings (SSSR count). The van der Waals surface area contributed by atoms with Gasteiger partial charge >= 0.3 is 0 Å². The molecule has 0 amide bonds. The Morgan fingerprint density at radius 3 is 2.15 bits per heavy atom. The van der Waals surface area contributed by atoms with Gasteiger partial charge in [-0.15, -0.1) is 0 Å². The predicted molar refractivity (Wildman–Crippen MR) is 202 cm³/mol. The molecular weight excluding hydrogens is 579 g/mol. The van der Waals surface area contributed by atoms with Crippen molar-refractivity contribution in [3.63, 3.8) is 0 Å². The number of aromatic nitrogens is 1. The van der Waals surface area contributed by atoms with Gasteiger partial charge in [-0.25, -0.2) is 0 Å². The van der Waals surface area contributed by atoms with Crippen molar-refractivity contribution in [2.24, 2.45) is 23.7 Å². The number of rotatable bonds is 3. The minimum Gasteiger partial charge on any atom is -0.309 e. The van der Waals surface area contributed by atoms with E-state index in [-0.39, 0.29) is 5.41 Å². The van der Waals surface area contributed by atoms with Crippen LogP contribution in [0.15, 0.2) is 140 Å².